The van der Waals surface area contributed by atoms with Crippen LogP contribution in [0.1, 0.15) is 64.5 Å². The monoisotopic (exact) mass is 456 g/mol. The van der Waals surface area contributed by atoms with Crippen LogP contribution in [0.4, 0.5) is 0 Å². The summed E-state index contributed by atoms with van der Waals surface area (Å²) in [6.07, 6.45) is 8.06. The van der Waals surface area contributed by atoms with Crippen LogP contribution in [0.3, 0.4) is 0 Å². The summed E-state index contributed by atoms with van der Waals surface area (Å²) in [6, 6.07) is 1.83. The van der Waals surface area contributed by atoms with Gasteiger partial charge in [0.15, 0.2) is 5.79 Å². The Kier molecular flexibility index (Phi) is 3.41. The van der Waals surface area contributed by atoms with Crippen molar-refractivity contribution < 1.29 is 38.1 Å². The quantitative estimate of drug-likeness (QED) is 0.678. The van der Waals surface area contributed by atoms with Gasteiger partial charge in [-0.25, -0.2) is 4.79 Å². The van der Waals surface area contributed by atoms with Crippen LogP contribution in [0.15, 0.2) is 35.2 Å². The SMILES string of the molecule is CC1(C)O[C@]2(C[C@@H]1[C@]1(C)C=CC(=O)O1)C[C@]1(O)[C@H](CC[C@]34C[C@@]31C(=O)O[C@@H]4c1ccoc1)O2. The third kappa shape index (κ3) is 2.14. The van der Waals surface area contributed by atoms with Gasteiger partial charge in [-0.2, -0.15) is 0 Å². The molecule has 2 aliphatic carbocycles. The van der Waals surface area contributed by atoms with Crippen LogP contribution in [-0.4, -0.2) is 45.7 Å². The lowest BCUT2D eigenvalue weighted by Crippen LogP contribution is -2.54. The number of aliphatic hydroxyl groups is 1. The Bertz CT molecular complexity index is 1110. The van der Waals surface area contributed by atoms with Crippen molar-refractivity contribution in [3.05, 3.63) is 36.3 Å². The predicted molar refractivity (Wildman–Crippen MR) is 110 cm³/mol. The lowest BCUT2D eigenvalue weighted by molar-refractivity contribution is -0.240. The second-order valence-electron chi connectivity index (χ2n) is 11.6. The van der Waals surface area contributed by atoms with Gasteiger partial charge < -0.3 is 28.5 Å². The molecule has 1 aromatic rings. The first-order chi connectivity index (χ1) is 15.5. The number of fused-ring (bicyclic) bond motifs is 1. The molecule has 8 nitrogen and oxygen atoms in total. The van der Waals surface area contributed by atoms with E-state index in [1.807, 2.05) is 26.8 Å². The number of hydrogen-bond acceptors (Lipinski definition) is 8. The summed E-state index contributed by atoms with van der Waals surface area (Å²) in [5.41, 5.74) is -3.47. The molecule has 1 aromatic heterocycles. The maximum Gasteiger partial charge on any atom is 0.331 e. The van der Waals surface area contributed by atoms with Crippen LogP contribution >= 0.6 is 0 Å². The standard InChI is InChI=1S/C25H28O8/c1-20(2)15(21(3)7-5-17(26)32-21)10-23(33-20)13-25(28)16(31-23)4-8-22-12-24(22,25)19(27)30-18(22)14-6-9-29-11-14/h5-7,9,11,15-16,18,28H,4,8,10,12-13H2,1-3H3/t15-,16-,18+,21-,22+,23+,24+,25-/m0/s1. The van der Waals surface area contributed by atoms with E-state index in [0.717, 1.165) is 12.0 Å². The Morgan fingerprint density at radius 1 is 1.15 bits per heavy atom. The van der Waals surface area contributed by atoms with Gasteiger partial charge in [-0.3, -0.25) is 4.79 Å². The molecule has 33 heavy (non-hydrogen) atoms. The van der Waals surface area contributed by atoms with Gasteiger partial charge in [-0.05, 0) is 52.2 Å². The highest BCUT2D eigenvalue weighted by Gasteiger charge is 2.92. The fourth-order valence-corrected chi connectivity index (χ4v) is 8.31. The summed E-state index contributed by atoms with van der Waals surface area (Å²) in [5.74, 6) is -1.95. The Morgan fingerprint density at radius 2 is 1.97 bits per heavy atom. The van der Waals surface area contributed by atoms with Gasteiger partial charge in [0.05, 0.1) is 24.2 Å². The van der Waals surface area contributed by atoms with Crippen LogP contribution in [0, 0.1) is 16.7 Å². The summed E-state index contributed by atoms with van der Waals surface area (Å²) < 4.78 is 29.8. The van der Waals surface area contributed by atoms with E-state index in [9.17, 15) is 14.7 Å². The van der Waals surface area contributed by atoms with Crippen molar-refractivity contribution >= 4 is 11.9 Å². The molecular formula is C25H28O8. The first-order valence-corrected chi connectivity index (χ1v) is 11.8. The van der Waals surface area contributed by atoms with Crippen LogP contribution in [0.5, 0.6) is 0 Å². The van der Waals surface area contributed by atoms with Gasteiger partial charge in [-0.1, -0.05) is 0 Å². The molecule has 8 heteroatoms. The van der Waals surface area contributed by atoms with E-state index in [4.69, 9.17) is 23.4 Å². The zero-order valence-electron chi connectivity index (χ0n) is 19.0. The number of carbonyl (C=O) groups is 2. The summed E-state index contributed by atoms with van der Waals surface area (Å²) in [4.78, 5) is 25.2. The van der Waals surface area contributed by atoms with E-state index in [1.54, 1.807) is 18.6 Å². The Balaban J connectivity index is 1.24. The number of hydrogen-bond donors (Lipinski definition) is 1. The van der Waals surface area contributed by atoms with Gasteiger partial charge in [0.25, 0.3) is 0 Å². The number of rotatable bonds is 2. The molecule has 0 unspecified atom stereocenters. The fourth-order valence-electron chi connectivity index (χ4n) is 8.31. The molecule has 0 bridgehead atoms. The highest BCUT2D eigenvalue weighted by Crippen LogP contribution is 2.85. The molecule has 2 saturated carbocycles. The van der Waals surface area contributed by atoms with E-state index in [-0.39, 0.29) is 24.3 Å². The average molecular weight is 456 g/mol. The van der Waals surface area contributed by atoms with Crippen molar-refractivity contribution in [2.24, 2.45) is 16.7 Å². The summed E-state index contributed by atoms with van der Waals surface area (Å²) >= 11 is 0. The van der Waals surface area contributed by atoms with Gasteiger partial charge in [0, 0.05) is 35.8 Å². The zero-order valence-corrected chi connectivity index (χ0v) is 19.0. The molecule has 5 fully saturated rings. The minimum Gasteiger partial charge on any atom is -0.472 e. The Hall–Kier alpha value is -2.16. The molecule has 0 radical (unpaired) electrons. The lowest BCUT2D eigenvalue weighted by atomic mass is 9.65. The van der Waals surface area contributed by atoms with Gasteiger partial charge in [0.1, 0.15) is 22.7 Å². The first kappa shape index (κ1) is 20.2. The zero-order chi connectivity index (χ0) is 23.1. The molecular weight excluding hydrogens is 428 g/mol. The molecule has 7 rings (SSSR count). The molecule has 1 N–H and O–H groups in total. The lowest BCUT2D eigenvalue weighted by Gasteiger charge is -2.39. The number of cyclic esters (lactones) is 2. The maximum atomic E-state index is 13.3. The minimum atomic E-state index is -1.38. The summed E-state index contributed by atoms with van der Waals surface area (Å²) in [6.45, 7) is 5.81. The van der Waals surface area contributed by atoms with Crippen molar-refractivity contribution in [1.29, 1.82) is 0 Å². The third-order valence-electron chi connectivity index (χ3n) is 9.61. The smallest absolute Gasteiger partial charge is 0.331 e. The topological polar surface area (TPSA) is 104 Å². The van der Waals surface area contributed by atoms with Crippen LogP contribution in [0.25, 0.3) is 0 Å². The average Bonchev–Trinajstić information content (AvgIpc) is 3.20. The highest BCUT2D eigenvalue weighted by atomic mass is 16.7. The van der Waals surface area contributed by atoms with E-state index < -0.39 is 45.6 Å². The molecule has 0 amide bonds. The normalized spacial score (nSPS) is 53.0. The number of furan rings is 1. The minimum absolute atomic E-state index is 0.174. The highest BCUT2D eigenvalue weighted by molar-refractivity contribution is 5.88. The van der Waals surface area contributed by atoms with Crippen LogP contribution in [0.2, 0.25) is 0 Å². The molecule has 4 aliphatic heterocycles. The molecule has 8 atom stereocenters. The summed E-state index contributed by atoms with van der Waals surface area (Å²) in [7, 11) is 0. The van der Waals surface area contributed by atoms with Crippen molar-refractivity contribution in [2.75, 3.05) is 0 Å². The maximum absolute atomic E-state index is 13.3. The van der Waals surface area contributed by atoms with Crippen molar-refractivity contribution in [3.8, 4) is 0 Å². The Labute approximate surface area is 191 Å². The summed E-state index contributed by atoms with van der Waals surface area (Å²) in [5, 5.41) is 12.2. The molecule has 176 valence electrons. The number of ether oxygens (including phenoxy) is 4. The van der Waals surface area contributed by atoms with E-state index in [1.165, 1.54) is 6.08 Å². The third-order valence-corrected chi connectivity index (χ3v) is 9.61. The van der Waals surface area contributed by atoms with Crippen LogP contribution < -0.4 is 0 Å². The fraction of sp³-hybridized carbons (Fsp3) is 0.680. The Morgan fingerprint density at radius 3 is 2.67 bits per heavy atom. The van der Waals surface area contributed by atoms with Crippen LogP contribution in [-0.2, 0) is 28.5 Å². The molecule has 3 saturated heterocycles. The molecule has 5 heterocycles. The molecule has 6 aliphatic rings. The molecule has 0 aromatic carbocycles. The second kappa shape index (κ2) is 5.56. The van der Waals surface area contributed by atoms with E-state index >= 15 is 0 Å². The number of carbonyl (C=O) groups excluding carboxylic acids is 2. The van der Waals surface area contributed by atoms with Gasteiger partial charge in [0.2, 0.25) is 0 Å². The largest absolute Gasteiger partial charge is 0.472 e. The first-order valence-electron chi connectivity index (χ1n) is 11.8. The van der Waals surface area contributed by atoms with Gasteiger partial charge in [-0.15, -0.1) is 0 Å². The van der Waals surface area contributed by atoms with Gasteiger partial charge >= 0.3 is 11.9 Å². The predicted octanol–water partition coefficient (Wildman–Crippen LogP) is 2.95. The van der Waals surface area contributed by atoms with E-state index in [0.29, 0.717) is 19.3 Å². The van der Waals surface area contributed by atoms with E-state index in [2.05, 4.69) is 0 Å². The number of esters is 2. The van der Waals surface area contributed by atoms with Crippen molar-refractivity contribution in [1.82, 2.24) is 0 Å². The second-order valence-corrected chi connectivity index (χ2v) is 11.6. The van der Waals surface area contributed by atoms with Crippen molar-refractivity contribution in [3.63, 3.8) is 0 Å². The molecule has 1 spiro atoms. The van der Waals surface area contributed by atoms with Crippen molar-refractivity contribution in [2.45, 2.75) is 87.7 Å².